The van der Waals surface area contributed by atoms with Gasteiger partial charge in [-0.1, -0.05) is 13.0 Å². The van der Waals surface area contributed by atoms with Crippen LogP contribution in [0.4, 0.5) is 4.79 Å². The van der Waals surface area contributed by atoms with Gasteiger partial charge in [-0.15, -0.1) is 0 Å². The third kappa shape index (κ3) is 5.85. The van der Waals surface area contributed by atoms with Crippen molar-refractivity contribution in [3.8, 4) is 0 Å². The van der Waals surface area contributed by atoms with Gasteiger partial charge in [-0.25, -0.2) is 4.79 Å². The molecule has 1 rings (SSSR count). The maximum absolute atomic E-state index is 11.8. The number of pyridine rings is 1. The number of rotatable bonds is 6. The normalized spacial score (nSPS) is 11.7. The molecule has 1 unspecified atom stereocenters. The summed E-state index contributed by atoms with van der Waals surface area (Å²) in [6.45, 7) is 2.55. The number of hydrogen-bond donors (Lipinski definition) is 2. The highest BCUT2D eigenvalue weighted by molar-refractivity contribution is 5.74. The molecule has 0 saturated heterocycles. The summed E-state index contributed by atoms with van der Waals surface area (Å²) in [5, 5.41) is 11.3. The number of aromatic nitrogens is 1. The molecule has 0 fully saturated rings. The van der Waals surface area contributed by atoms with Crippen LogP contribution in [0.3, 0.4) is 0 Å². The summed E-state index contributed by atoms with van der Waals surface area (Å²) in [6, 6.07) is 5.29. The molecule has 0 saturated carbocycles. The van der Waals surface area contributed by atoms with Gasteiger partial charge in [0.1, 0.15) is 0 Å². The van der Waals surface area contributed by atoms with Crippen LogP contribution in [0.1, 0.15) is 19.0 Å². The predicted octanol–water partition coefficient (Wildman–Crippen LogP) is 1.33. The summed E-state index contributed by atoms with van der Waals surface area (Å²) in [4.78, 5) is 27.9. The Hall–Kier alpha value is -2.11. The Morgan fingerprint density at radius 3 is 2.79 bits per heavy atom. The molecule has 6 heteroatoms. The number of nitrogens with one attached hydrogen (secondary N) is 1. The molecular weight excluding hydrogens is 246 g/mol. The number of carbonyl (C=O) groups excluding carboxylic acids is 1. The quantitative estimate of drug-likeness (QED) is 0.813. The third-order valence-corrected chi connectivity index (χ3v) is 2.60. The van der Waals surface area contributed by atoms with Crippen molar-refractivity contribution >= 4 is 12.0 Å². The lowest BCUT2D eigenvalue weighted by Gasteiger charge is -2.19. The van der Waals surface area contributed by atoms with Crippen molar-refractivity contribution in [2.24, 2.45) is 5.92 Å². The van der Waals surface area contributed by atoms with Crippen LogP contribution in [0.2, 0.25) is 0 Å². The predicted molar refractivity (Wildman–Crippen MR) is 70.5 cm³/mol. The topological polar surface area (TPSA) is 82.5 Å². The zero-order valence-electron chi connectivity index (χ0n) is 11.2. The highest BCUT2D eigenvalue weighted by atomic mass is 16.4. The van der Waals surface area contributed by atoms with Gasteiger partial charge in [0.2, 0.25) is 0 Å². The summed E-state index contributed by atoms with van der Waals surface area (Å²) in [6.07, 6.45) is 1.72. The Morgan fingerprint density at radius 2 is 2.21 bits per heavy atom. The Morgan fingerprint density at radius 1 is 1.47 bits per heavy atom. The summed E-state index contributed by atoms with van der Waals surface area (Å²) in [7, 11) is 1.67. The van der Waals surface area contributed by atoms with Crippen LogP contribution in [-0.4, -0.2) is 40.6 Å². The Bertz CT molecular complexity index is 422. The monoisotopic (exact) mass is 265 g/mol. The van der Waals surface area contributed by atoms with Gasteiger partial charge in [0.15, 0.2) is 0 Å². The second-order valence-electron chi connectivity index (χ2n) is 4.57. The number of nitrogens with zero attached hydrogens (tertiary/aromatic N) is 2. The SMILES string of the molecule is CC(CNC(=O)N(C)Cc1ccccn1)CC(=O)O. The van der Waals surface area contributed by atoms with E-state index >= 15 is 0 Å². The molecule has 0 aliphatic heterocycles. The molecule has 19 heavy (non-hydrogen) atoms. The number of amides is 2. The molecule has 2 N–H and O–H groups in total. The first-order valence-corrected chi connectivity index (χ1v) is 6.09. The van der Waals surface area contributed by atoms with E-state index in [-0.39, 0.29) is 18.4 Å². The van der Waals surface area contributed by atoms with E-state index < -0.39 is 5.97 Å². The molecule has 1 heterocycles. The summed E-state index contributed by atoms with van der Waals surface area (Å²) in [5.74, 6) is -0.951. The number of aliphatic carboxylic acids is 1. The average Bonchev–Trinajstić information content (AvgIpc) is 2.36. The van der Waals surface area contributed by atoms with Crippen molar-refractivity contribution in [3.05, 3.63) is 30.1 Å². The van der Waals surface area contributed by atoms with Gasteiger partial charge in [-0.3, -0.25) is 9.78 Å². The first kappa shape index (κ1) is 14.9. The Kier molecular flexibility index (Phi) is 5.78. The van der Waals surface area contributed by atoms with E-state index in [1.54, 1.807) is 20.2 Å². The molecule has 104 valence electrons. The fraction of sp³-hybridized carbons (Fsp3) is 0.462. The standard InChI is InChI=1S/C13H19N3O3/c1-10(7-12(17)18)8-15-13(19)16(2)9-11-5-3-4-6-14-11/h3-6,10H,7-9H2,1-2H3,(H,15,19)(H,17,18). The molecule has 0 aliphatic rings. The van der Waals surface area contributed by atoms with Gasteiger partial charge in [-0.05, 0) is 18.1 Å². The lowest BCUT2D eigenvalue weighted by molar-refractivity contribution is -0.137. The molecule has 1 aromatic heterocycles. The lowest BCUT2D eigenvalue weighted by Crippen LogP contribution is -2.39. The highest BCUT2D eigenvalue weighted by Crippen LogP contribution is 2.01. The molecule has 0 aromatic carbocycles. The van der Waals surface area contributed by atoms with Gasteiger partial charge in [0.25, 0.3) is 0 Å². The summed E-state index contributed by atoms with van der Waals surface area (Å²) < 4.78 is 0. The smallest absolute Gasteiger partial charge is 0.317 e. The zero-order chi connectivity index (χ0) is 14.3. The minimum absolute atomic E-state index is 0.0459. The molecule has 0 radical (unpaired) electrons. The number of hydrogen-bond acceptors (Lipinski definition) is 3. The van der Waals surface area contributed by atoms with E-state index in [9.17, 15) is 9.59 Å². The second kappa shape index (κ2) is 7.35. The summed E-state index contributed by atoms with van der Waals surface area (Å²) >= 11 is 0. The minimum Gasteiger partial charge on any atom is -0.481 e. The van der Waals surface area contributed by atoms with Crippen LogP contribution in [-0.2, 0) is 11.3 Å². The van der Waals surface area contributed by atoms with E-state index in [4.69, 9.17) is 5.11 Å². The molecule has 1 atom stereocenters. The maximum atomic E-state index is 11.8. The number of carboxylic acid groups (broad SMARTS) is 1. The van der Waals surface area contributed by atoms with Crippen LogP contribution < -0.4 is 5.32 Å². The molecular formula is C13H19N3O3. The first-order valence-electron chi connectivity index (χ1n) is 6.09. The molecule has 2 amide bonds. The van der Waals surface area contributed by atoms with E-state index in [0.717, 1.165) is 5.69 Å². The highest BCUT2D eigenvalue weighted by Gasteiger charge is 2.12. The van der Waals surface area contributed by atoms with Gasteiger partial charge in [0.05, 0.1) is 12.2 Å². The summed E-state index contributed by atoms with van der Waals surface area (Å²) in [5.41, 5.74) is 0.804. The van der Waals surface area contributed by atoms with Crippen LogP contribution in [0.5, 0.6) is 0 Å². The van der Waals surface area contributed by atoms with Crippen LogP contribution in [0.25, 0.3) is 0 Å². The molecule has 0 spiro atoms. The van der Waals surface area contributed by atoms with Gasteiger partial charge >= 0.3 is 12.0 Å². The number of carbonyl (C=O) groups is 2. The third-order valence-electron chi connectivity index (χ3n) is 2.60. The molecule has 0 bridgehead atoms. The second-order valence-corrected chi connectivity index (χ2v) is 4.57. The van der Waals surface area contributed by atoms with Crippen LogP contribution in [0.15, 0.2) is 24.4 Å². The fourth-order valence-corrected chi connectivity index (χ4v) is 1.57. The zero-order valence-corrected chi connectivity index (χ0v) is 11.2. The fourth-order valence-electron chi connectivity index (χ4n) is 1.57. The van der Waals surface area contributed by atoms with E-state index in [2.05, 4.69) is 10.3 Å². The van der Waals surface area contributed by atoms with Crippen molar-refractivity contribution in [3.63, 3.8) is 0 Å². The Balaban J connectivity index is 2.35. The average molecular weight is 265 g/mol. The lowest BCUT2D eigenvalue weighted by atomic mass is 10.1. The van der Waals surface area contributed by atoms with Crippen molar-refractivity contribution < 1.29 is 14.7 Å². The van der Waals surface area contributed by atoms with Crippen molar-refractivity contribution in [2.75, 3.05) is 13.6 Å². The number of urea groups is 1. The molecule has 1 aromatic rings. The van der Waals surface area contributed by atoms with E-state index in [1.807, 2.05) is 18.2 Å². The van der Waals surface area contributed by atoms with Gasteiger partial charge < -0.3 is 15.3 Å². The number of carboxylic acids is 1. The van der Waals surface area contributed by atoms with E-state index in [0.29, 0.717) is 13.1 Å². The van der Waals surface area contributed by atoms with Crippen molar-refractivity contribution in [2.45, 2.75) is 19.9 Å². The van der Waals surface area contributed by atoms with Gasteiger partial charge in [-0.2, -0.15) is 0 Å². The van der Waals surface area contributed by atoms with Crippen LogP contribution in [0, 0.1) is 5.92 Å². The van der Waals surface area contributed by atoms with Gasteiger partial charge in [0, 0.05) is 26.2 Å². The first-order chi connectivity index (χ1) is 8.99. The largest absolute Gasteiger partial charge is 0.481 e. The molecule has 0 aliphatic carbocycles. The Labute approximate surface area is 112 Å². The van der Waals surface area contributed by atoms with Crippen LogP contribution >= 0.6 is 0 Å². The molecule has 6 nitrogen and oxygen atoms in total. The maximum Gasteiger partial charge on any atom is 0.317 e. The van der Waals surface area contributed by atoms with Crippen molar-refractivity contribution in [1.29, 1.82) is 0 Å². The van der Waals surface area contributed by atoms with E-state index in [1.165, 1.54) is 4.90 Å². The minimum atomic E-state index is -0.858. The van der Waals surface area contributed by atoms with Crippen molar-refractivity contribution in [1.82, 2.24) is 15.2 Å².